The lowest BCUT2D eigenvalue weighted by Crippen LogP contribution is -2.33. The molecule has 4 nitrogen and oxygen atoms in total. The maximum Gasteiger partial charge on any atom is 0.314 e. The van der Waals surface area contributed by atoms with Gasteiger partial charge in [-0.2, -0.15) is 0 Å². The van der Waals surface area contributed by atoms with Crippen molar-refractivity contribution in [3.05, 3.63) is 22.8 Å². The SMILES string of the molecule is COc1cc(C)c(C2(C(=O)O)CCCC2)c(O)c1C. The number of aliphatic carboxylic acids is 1. The Morgan fingerprint density at radius 2 is 1.89 bits per heavy atom. The minimum Gasteiger partial charge on any atom is -0.507 e. The van der Waals surface area contributed by atoms with Crippen molar-refractivity contribution < 1.29 is 19.7 Å². The van der Waals surface area contributed by atoms with Gasteiger partial charge in [-0.25, -0.2) is 0 Å². The van der Waals surface area contributed by atoms with Crippen molar-refractivity contribution in [2.75, 3.05) is 7.11 Å². The van der Waals surface area contributed by atoms with Crippen LogP contribution in [-0.4, -0.2) is 23.3 Å². The van der Waals surface area contributed by atoms with Crippen LogP contribution in [0, 0.1) is 13.8 Å². The molecule has 0 unspecified atom stereocenters. The van der Waals surface area contributed by atoms with Gasteiger partial charge in [-0.15, -0.1) is 0 Å². The van der Waals surface area contributed by atoms with Gasteiger partial charge in [0.15, 0.2) is 0 Å². The highest BCUT2D eigenvalue weighted by Gasteiger charge is 2.46. The van der Waals surface area contributed by atoms with Crippen LogP contribution < -0.4 is 4.74 Å². The summed E-state index contributed by atoms with van der Waals surface area (Å²) in [5.41, 5.74) is 1.02. The molecule has 1 fully saturated rings. The molecule has 1 aliphatic carbocycles. The lowest BCUT2D eigenvalue weighted by atomic mass is 9.75. The van der Waals surface area contributed by atoms with E-state index in [2.05, 4.69) is 0 Å². The van der Waals surface area contributed by atoms with Crippen LogP contribution in [0.1, 0.15) is 42.4 Å². The highest BCUT2D eigenvalue weighted by molar-refractivity contribution is 5.84. The minimum absolute atomic E-state index is 0.0705. The van der Waals surface area contributed by atoms with Gasteiger partial charge < -0.3 is 14.9 Å². The fourth-order valence-corrected chi connectivity index (χ4v) is 3.23. The fraction of sp³-hybridized carbons (Fsp3) is 0.533. The number of benzene rings is 1. The molecule has 19 heavy (non-hydrogen) atoms. The zero-order chi connectivity index (χ0) is 14.2. The van der Waals surface area contributed by atoms with E-state index in [4.69, 9.17) is 4.74 Å². The monoisotopic (exact) mass is 264 g/mol. The third-order valence-corrected chi connectivity index (χ3v) is 4.27. The lowest BCUT2D eigenvalue weighted by molar-refractivity contribution is -0.143. The highest BCUT2D eigenvalue weighted by atomic mass is 16.5. The second-order valence-electron chi connectivity index (χ2n) is 5.34. The Morgan fingerprint density at radius 3 is 2.37 bits per heavy atom. The molecular formula is C15H20O4. The first-order chi connectivity index (χ1) is 8.94. The van der Waals surface area contributed by atoms with E-state index in [9.17, 15) is 15.0 Å². The molecule has 0 heterocycles. The van der Waals surface area contributed by atoms with Crippen molar-refractivity contribution in [2.45, 2.75) is 44.9 Å². The van der Waals surface area contributed by atoms with E-state index in [0.29, 0.717) is 29.7 Å². The Balaban J connectivity index is 2.68. The molecule has 0 bridgehead atoms. The van der Waals surface area contributed by atoms with Gasteiger partial charge >= 0.3 is 5.97 Å². The first kappa shape index (κ1) is 13.7. The van der Waals surface area contributed by atoms with Gasteiger partial charge in [0, 0.05) is 11.1 Å². The van der Waals surface area contributed by atoms with Crippen LogP contribution in [0.5, 0.6) is 11.5 Å². The molecule has 1 aliphatic rings. The van der Waals surface area contributed by atoms with E-state index in [1.807, 2.05) is 13.0 Å². The smallest absolute Gasteiger partial charge is 0.314 e. The van der Waals surface area contributed by atoms with E-state index in [-0.39, 0.29) is 5.75 Å². The van der Waals surface area contributed by atoms with E-state index in [0.717, 1.165) is 18.4 Å². The Kier molecular flexibility index (Phi) is 3.43. The zero-order valence-corrected chi connectivity index (χ0v) is 11.6. The number of hydrogen-bond acceptors (Lipinski definition) is 3. The summed E-state index contributed by atoms with van der Waals surface area (Å²) in [5, 5.41) is 20.1. The topological polar surface area (TPSA) is 66.8 Å². The van der Waals surface area contributed by atoms with Crippen molar-refractivity contribution in [3.63, 3.8) is 0 Å². The number of carbonyl (C=O) groups is 1. The van der Waals surface area contributed by atoms with E-state index >= 15 is 0 Å². The molecule has 104 valence electrons. The molecule has 0 spiro atoms. The van der Waals surface area contributed by atoms with Crippen molar-refractivity contribution in [2.24, 2.45) is 0 Å². The van der Waals surface area contributed by atoms with Crippen LogP contribution in [0.3, 0.4) is 0 Å². The minimum atomic E-state index is -0.939. The summed E-state index contributed by atoms with van der Waals surface area (Å²) < 4.78 is 5.21. The average molecular weight is 264 g/mol. The summed E-state index contributed by atoms with van der Waals surface area (Å²) in [6.45, 7) is 3.58. The molecule has 0 saturated heterocycles. The molecule has 1 aromatic carbocycles. The van der Waals surface area contributed by atoms with E-state index in [1.165, 1.54) is 0 Å². The lowest BCUT2D eigenvalue weighted by Gasteiger charge is -2.28. The van der Waals surface area contributed by atoms with Crippen molar-refractivity contribution >= 4 is 5.97 Å². The van der Waals surface area contributed by atoms with Crippen molar-refractivity contribution in [3.8, 4) is 11.5 Å². The average Bonchev–Trinajstić information content (AvgIpc) is 2.84. The Morgan fingerprint density at radius 1 is 1.32 bits per heavy atom. The number of phenolic OH excluding ortho intramolecular Hbond substituents is 1. The molecule has 2 rings (SSSR count). The molecule has 1 saturated carbocycles. The normalized spacial score (nSPS) is 17.4. The third-order valence-electron chi connectivity index (χ3n) is 4.27. The fourth-order valence-electron chi connectivity index (χ4n) is 3.23. The van der Waals surface area contributed by atoms with Gasteiger partial charge in [0.25, 0.3) is 0 Å². The van der Waals surface area contributed by atoms with Crippen LogP contribution in [0.15, 0.2) is 6.07 Å². The maximum absolute atomic E-state index is 11.8. The van der Waals surface area contributed by atoms with Crippen LogP contribution >= 0.6 is 0 Å². The van der Waals surface area contributed by atoms with Crippen molar-refractivity contribution in [1.82, 2.24) is 0 Å². The van der Waals surface area contributed by atoms with Crippen LogP contribution in [0.25, 0.3) is 0 Å². The number of methoxy groups -OCH3 is 1. The van der Waals surface area contributed by atoms with Gasteiger partial charge in [0.2, 0.25) is 0 Å². The van der Waals surface area contributed by atoms with Gasteiger partial charge in [0.1, 0.15) is 11.5 Å². The van der Waals surface area contributed by atoms with Gasteiger partial charge in [-0.05, 0) is 38.3 Å². The zero-order valence-electron chi connectivity index (χ0n) is 11.6. The molecule has 1 aromatic rings. The van der Waals surface area contributed by atoms with E-state index < -0.39 is 11.4 Å². The first-order valence-electron chi connectivity index (χ1n) is 6.55. The number of phenols is 1. The highest BCUT2D eigenvalue weighted by Crippen LogP contribution is 2.48. The van der Waals surface area contributed by atoms with Crippen LogP contribution in [0.4, 0.5) is 0 Å². The van der Waals surface area contributed by atoms with E-state index in [1.54, 1.807) is 14.0 Å². The number of ether oxygens (including phenoxy) is 1. The predicted octanol–water partition coefficient (Wildman–Crippen LogP) is 2.91. The maximum atomic E-state index is 11.8. The molecule has 4 heteroatoms. The number of aromatic hydroxyl groups is 1. The number of carboxylic acids is 1. The Labute approximate surface area is 113 Å². The van der Waals surface area contributed by atoms with Crippen LogP contribution in [0.2, 0.25) is 0 Å². The Bertz CT molecular complexity index is 513. The summed E-state index contributed by atoms with van der Waals surface area (Å²) >= 11 is 0. The number of hydrogen-bond donors (Lipinski definition) is 2. The summed E-state index contributed by atoms with van der Waals surface area (Å²) in [4.78, 5) is 11.8. The predicted molar refractivity (Wildman–Crippen MR) is 71.9 cm³/mol. The standard InChI is InChI=1S/C15H20O4/c1-9-8-11(19-3)10(2)13(16)12(9)15(14(17)18)6-4-5-7-15/h8,16H,4-7H2,1-3H3,(H,17,18). The molecule has 0 aliphatic heterocycles. The van der Waals surface area contributed by atoms with Crippen LogP contribution in [-0.2, 0) is 10.2 Å². The van der Waals surface area contributed by atoms with Crippen molar-refractivity contribution in [1.29, 1.82) is 0 Å². The number of carboxylic acid groups (broad SMARTS) is 1. The molecule has 2 N–H and O–H groups in total. The molecule has 0 radical (unpaired) electrons. The van der Waals surface area contributed by atoms with Gasteiger partial charge in [-0.3, -0.25) is 4.79 Å². The molecule has 0 amide bonds. The molecular weight excluding hydrogens is 244 g/mol. The quantitative estimate of drug-likeness (QED) is 0.881. The summed E-state index contributed by atoms with van der Waals surface area (Å²) in [6, 6.07) is 1.81. The summed E-state index contributed by atoms with van der Waals surface area (Å²) in [6.07, 6.45) is 2.94. The number of aryl methyl sites for hydroxylation is 1. The third kappa shape index (κ3) is 1.95. The Hall–Kier alpha value is -1.71. The summed E-state index contributed by atoms with van der Waals surface area (Å²) in [7, 11) is 1.55. The second kappa shape index (κ2) is 4.76. The van der Waals surface area contributed by atoms with Gasteiger partial charge in [0.05, 0.1) is 12.5 Å². The second-order valence-corrected chi connectivity index (χ2v) is 5.34. The first-order valence-corrected chi connectivity index (χ1v) is 6.55. The largest absolute Gasteiger partial charge is 0.507 e. The number of rotatable bonds is 3. The van der Waals surface area contributed by atoms with Gasteiger partial charge in [-0.1, -0.05) is 12.8 Å². The molecule has 0 aromatic heterocycles. The summed E-state index contributed by atoms with van der Waals surface area (Å²) in [5.74, 6) is -0.175. The molecule has 0 atom stereocenters.